The van der Waals surface area contributed by atoms with E-state index in [1.807, 2.05) is 0 Å². The van der Waals surface area contributed by atoms with Crippen molar-refractivity contribution in [2.24, 2.45) is 0 Å². The van der Waals surface area contributed by atoms with Crippen molar-refractivity contribution in [2.75, 3.05) is 6.61 Å². The number of aliphatic hydroxyl groups is 6. The van der Waals surface area contributed by atoms with Gasteiger partial charge in [-0.25, -0.2) is 0 Å². The van der Waals surface area contributed by atoms with Crippen LogP contribution in [0, 0.1) is 11.3 Å². The van der Waals surface area contributed by atoms with E-state index < -0.39 is 55.6 Å². The van der Waals surface area contributed by atoms with Crippen molar-refractivity contribution < 1.29 is 40.1 Å². The van der Waals surface area contributed by atoms with Crippen molar-refractivity contribution in [3.63, 3.8) is 0 Å². The number of hydrogen-bond donors (Lipinski definition) is 6. The van der Waals surface area contributed by atoms with Gasteiger partial charge in [0.05, 0.1) is 12.7 Å². The third-order valence-corrected chi connectivity index (χ3v) is 3.83. The third kappa shape index (κ3) is 3.60. The highest BCUT2D eigenvalue weighted by atomic mass is 16.7. The van der Waals surface area contributed by atoms with E-state index in [2.05, 4.69) is 0 Å². The molecule has 9 heteroatoms. The largest absolute Gasteiger partial charge is 0.394 e. The first-order valence-electron chi connectivity index (χ1n) is 7.00. The molecule has 1 aliphatic carbocycles. The van der Waals surface area contributed by atoms with Crippen molar-refractivity contribution in [3.8, 4) is 6.07 Å². The molecule has 2 rings (SSSR count). The van der Waals surface area contributed by atoms with Crippen LogP contribution in [0.4, 0.5) is 0 Å². The van der Waals surface area contributed by atoms with Crippen LogP contribution in [0.5, 0.6) is 0 Å². The van der Waals surface area contributed by atoms with Crippen LogP contribution < -0.4 is 0 Å². The Bertz CT molecular complexity index is 513. The minimum atomic E-state index is -1.65. The van der Waals surface area contributed by atoms with Crippen molar-refractivity contribution in [1.82, 2.24) is 0 Å². The second kappa shape index (κ2) is 7.48. The average Bonchev–Trinajstić information content (AvgIpc) is 2.54. The Balaban J connectivity index is 2.20. The summed E-state index contributed by atoms with van der Waals surface area (Å²) in [5.74, 6) is 0. The monoisotopic (exact) mass is 329 g/mol. The topological polar surface area (TPSA) is 164 Å². The van der Waals surface area contributed by atoms with Crippen molar-refractivity contribution in [3.05, 3.63) is 23.8 Å². The maximum Gasteiger partial charge on any atom is 0.187 e. The summed E-state index contributed by atoms with van der Waals surface area (Å²) >= 11 is 0. The minimum absolute atomic E-state index is 0.238. The normalized spacial score (nSPS) is 45.9. The van der Waals surface area contributed by atoms with E-state index in [0.717, 1.165) is 6.08 Å². The van der Waals surface area contributed by atoms with Crippen LogP contribution >= 0.6 is 0 Å². The zero-order chi connectivity index (χ0) is 17.1. The molecule has 2 aliphatic rings. The van der Waals surface area contributed by atoms with E-state index in [1.54, 1.807) is 6.07 Å². The second-order valence-corrected chi connectivity index (χ2v) is 5.37. The van der Waals surface area contributed by atoms with Gasteiger partial charge in [0.1, 0.15) is 42.7 Å². The van der Waals surface area contributed by atoms with Crippen LogP contribution in [0.2, 0.25) is 0 Å². The molecule has 1 fully saturated rings. The predicted octanol–water partition coefficient (Wildman–Crippen LogP) is -3.09. The number of aliphatic hydroxyl groups excluding tert-OH is 6. The number of rotatable bonds is 3. The predicted molar refractivity (Wildman–Crippen MR) is 73.5 cm³/mol. The number of nitriles is 1. The van der Waals surface area contributed by atoms with Crippen LogP contribution in [-0.2, 0) is 9.47 Å². The summed E-state index contributed by atoms with van der Waals surface area (Å²) in [6.45, 7) is -0.624. The van der Waals surface area contributed by atoms with Crippen LogP contribution in [0.1, 0.15) is 0 Å². The molecule has 0 bridgehead atoms. The highest BCUT2D eigenvalue weighted by molar-refractivity contribution is 5.34. The van der Waals surface area contributed by atoms with Crippen molar-refractivity contribution >= 4 is 0 Å². The number of nitrogens with zero attached hydrogens (tertiary/aromatic N) is 1. The molecule has 0 aromatic rings. The first kappa shape index (κ1) is 18.0. The van der Waals surface area contributed by atoms with Gasteiger partial charge in [-0.2, -0.15) is 5.26 Å². The second-order valence-electron chi connectivity index (χ2n) is 5.37. The molecular formula is C14H19NO8. The van der Waals surface area contributed by atoms with Gasteiger partial charge in [-0.1, -0.05) is 12.2 Å². The molecule has 9 nitrogen and oxygen atoms in total. The third-order valence-electron chi connectivity index (χ3n) is 3.83. The zero-order valence-corrected chi connectivity index (χ0v) is 12.0. The molecule has 0 aromatic heterocycles. The van der Waals surface area contributed by atoms with Gasteiger partial charge in [0.15, 0.2) is 6.29 Å². The molecule has 1 aliphatic heterocycles. The molecule has 128 valence electrons. The first-order valence-corrected chi connectivity index (χ1v) is 7.00. The summed E-state index contributed by atoms with van der Waals surface area (Å²) in [6.07, 6.45) is -7.57. The standard InChI is InChI=1S/C14H19NO8/c15-4-3-6-1-2-7(17)9(18)13(6)23-14-12(21)11(20)10(19)8(5-16)22-14/h1-3,7-14,16-21H,5H2/b6-3-/t7-,8+,9-,10+,11-,12+,13+,14-/m0/s1. The lowest BCUT2D eigenvalue weighted by molar-refractivity contribution is -0.314. The Morgan fingerprint density at radius 1 is 1.13 bits per heavy atom. The summed E-state index contributed by atoms with van der Waals surface area (Å²) in [6, 6.07) is 1.77. The summed E-state index contributed by atoms with van der Waals surface area (Å²) in [5, 5.41) is 66.9. The molecule has 0 radical (unpaired) electrons. The molecule has 0 spiro atoms. The van der Waals surface area contributed by atoms with Gasteiger partial charge in [-0.3, -0.25) is 0 Å². The molecule has 8 atom stereocenters. The van der Waals surface area contributed by atoms with Gasteiger partial charge in [0, 0.05) is 6.08 Å². The van der Waals surface area contributed by atoms with E-state index in [-0.39, 0.29) is 5.57 Å². The fraction of sp³-hybridized carbons (Fsp3) is 0.643. The van der Waals surface area contributed by atoms with E-state index in [4.69, 9.17) is 19.8 Å². The molecule has 1 saturated heterocycles. The summed E-state index contributed by atoms with van der Waals surface area (Å²) in [5.41, 5.74) is 0.238. The first-order chi connectivity index (χ1) is 10.9. The number of hydrogen-bond acceptors (Lipinski definition) is 9. The fourth-order valence-corrected chi connectivity index (χ4v) is 2.48. The van der Waals surface area contributed by atoms with Crippen LogP contribution in [0.3, 0.4) is 0 Å². The maximum atomic E-state index is 10.0. The lowest BCUT2D eigenvalue weighted by atomic mass is 9.93. The van der Waals surface area contributed by atoms with Gasteiger partial charge in [-0.15, -0.1) is 0 Å². The molecular weight excluding hydrogens is 310 g/mol. The Morgan fingerprint density at radius 2 is 1.83 bits per heavy atom. The Hall–Kier alpha value is -1.35. The van der Waals surface area contributed by atoms with E-state index in [0.29, 0.717) is 0 Å². The molecule has 0 amide bonds. The van der Waals surface area contributed by atoms with Gasteiger partial charge >= 0.3 is 0 Å². The van der Waals surface area contributed by atoms with E-state index >= 15 is 0 Å². The molecule has 23 heavy (non-hydrogen) atoms. The number of ether oxygens (including phenoxy) is 2. The Morgan fingerprint density at radius 3 is 2.43 bits per heavy atom. The molecule has 1 heterocycles. The Kier molecular flexibility index (Phi) is 5.85. The van der Waals surface area contributed by atoms with Crippen LogP contribution in [-0.4, -0.2) is 86.3 Å². The molecule has 0 saturated carbocycles. The lowest BCUT2D eigenvalue weighted by Crippen LogP contribution is -2.60. The fourth-order valence-electron chi connectivity index (χ4n) is 2.48. The van der Waals surface area contributed by atoms with Crippen LogP contribution in [0.25, 0.3) is 0 Å². The highest BCUT2D eigenvalue weighted by Crippen LogP contribution is 2.28. The minimum Gasteiger partial charge on any atom is -0.394 e. The van der Waals surface area contributed by atoms with Gasteiger partial charge in [0.2, 0.25) is 0 Å². The van der Waals surface area contributed by atoms with Gasteiger partial charge in [0.25, 0.3) is 0 Å². The average molecular weight is 329 g/mol. The van der Waals surface area contributed by atoms with Crippen molar-refractivity contribution in [1.29, 1.82) is 5.26 Å². The number of allylic oxidation sites excluding steroid dienone is 1. The molecule has 0 aromatic carbocycles. The Labute approximate surface area is 131 Å². The van der Waals surface area contributed by atoms with E-state index in [9.17, 15) is 25.5 Å². The summed E-state index contributed by atoms with van der Waals surface area (Å²) < 4.78 is 10.6. The smallest absolute Gasteiger partial charge is 0.187 e. The van der Waals surface area contributed by atoms with E-state index in [1.165, 1.54) is 12.2 Å². The summed E-state index contributed by atoms with van der Waals surface area (Å²) in [7, 11) is 0. The lowest BCUT2D eigenvalue weighted by Gasteiger charge is -2.42. The SMILES string of the molecule is N#C/C=C1/C=C[C@H](O)[C@H](O)[C@@H]1O[C@@H]1O[C@H](CO)[C@@H](O)[C@H](O)[C@H]1O. The van der Waals surface area contributed by atoms with Gasteiger partial charge < -0.3 is 40.1 Å². The van der Waals surface area contributed by atoms with Gasteiger partial charge in [-0.05, 0) is 5.57 Å². The van der Waals surface area contributed by atoms with Crippen LogP contribution in [0.15, 0.2) is 23.8 Å². The maximum absolute atomic E-state index is 10.0. The zero-order valence-electron chi connectivity index (χ0n) is 12.0. The van der Waals surface area contributed by atoms with Crippen molar-refractivity contribution in [2.45, 2.75) is 49.0 Å². The quantitative estimate of drug-likeness (QED) is 0.294. The molecule has 6 N–H and O–H groups in total. The highest BCUT2D eigenvalue weighted by Gasteiger charge is 2.46. The molecule has 0 unspecified atom stereocenters. The summed E-state index contributed by atoms with van der Waals surface area (Å²) in [4.78, 5) is 0.